The van der Waals surface area contributed by atoms with Gasteiger partial charge in [0.25, 0.3) is 0 Å². The Kier molecular flexibility index (Phi) is 5.21. The zero-order valence-electron chi connectivity index (χ0n) is 13.0. The van der Waals surface area contributed by atoms with E-state index >= 15 is 0 Å². The van der Waals surface area contributed by atoms with Crippen molar-refractivity contribution in [1.29, 1.82) is 0 Å². The normalized spacial score (nSPS) is 17.5. The number of morpholine rings is 1. The van der Waals surface area contributed by atoms with Crippen molar-refractivity contribution in [2.75, 3.05) is 32.8 Å². The average molecular weight is 301 g/mol. The van der Waals surface area contributed by atoms with Gasteiger partial charge in [-0.1, -0.05) is 0 Å². The predicted octanol–water partition coefficient (Wildman–Crippen LogP) is 2.15. The van der Waals surface area contributed by atoms with Gasteiger partial charge in [0.2, 0.25) is 0 Å². The van der Waals surface area contributed by atoms with Gasteiger partial charge in [0.1, 0.15) is 11.5 Å². The third kappa shape index (κ3) is 3.94. The molecule has 22 heavy (non-hydrogen) atoms. The molecule has 0 bridgehead atoms. The van der Waals surface area contributed by atoms with Crippen LogP contribution in [0.5, 0.6) is 0 Å². The quantitative estimate of drug-likeness (QED) is 0.886. The number of aromatic nitrogens is 1. The van der Waals surface area contributed by atoms with Crippen LogP contribution in [0.2, 0.25) is 0 Å². The van der Waals surface area contributed by atoms with Crippen LogP contribution in [0.1, 0.15) is 23.1 Å². The fraction of sp³-hybridized carbons (Fsp3) is 0.471. The molecular weight excluding hydrogens is 278 g/mol. The number of pyridine rings is 1. The largest absolute Gasteiger partial charge is 0.465 e. The third-order valence-corrected chi connectivity index (χ3v) is 3.99. The van der Waals surface area contributed by atoms with Crippen LogP contribution >= 0.6 is 0 Å². The second-order valence-corrected chi connectivity index (χ2v) is 5.60. The van der Waals surface area contributed by atoms with Crippen molar-refractivity contribution in [3.63, 3.8) is 0 Å². The molecule has 118 valence electrons. The zero-order valence-corrected chi connectivity index (χ0v) is 13.0. The third-order valence-electron chi connectivity index (χ3n) is 3.99. The molecule has 5 nitrogen and oxygen atoms in total. The summed E-state index contributed by atoms with van der Waals surface area (Å²) in [5.41, 5.74) is 1.24. The van der Waals surface area contributed by atoms with Crippen LogP contribution in [-0.4, -0.2) is 42.7 Å². The first-order chi connectivity index (χ1) is 10.8. The van der Waals surface area contributed by atoms with Crippen LogP contribution in [0.4, 0.5) is 0 Å². The Morgan fingerprint density at radius 3 is 2.64 bits per heavy atom. The number of nitrogens with zero attached hydrogens (tertiary/aromatic N) is 2. The van der Waals surface area contributed by atoms with Crippen LogP contribution < -0.4 is 5.32 Å². The Balaban J connectivity index is 1.63. The van der Waals surface area contributed by atoms with Gasteiger partial charge < -0.3 is 14.5 Å². The Morgan fingerprint density at radius 2 is 1.95 bits per heavy atom. The van der Waals surface area contributed by atoms with Crippen LogP contribution in [0, 0.1) is 6.92 Å². The molecular formula is C17H23N3O2. The van der Waals surface area contributed by atoms with Crippen molar-refractivity contribution in [3.05, 3.63) is 53.7 Å². The SMILES string of the molecule is Cc1ccc(C(CNCc2ccncc2)N2CCOCC2)o1. The molecule has 0 spiro atoms. The molecule has 3 heterocycles. The van der Waals surface area contributed by atoms with Gasteiger partial charge in [0.15, 0.2) is 0 Å². The number of rotatable bonds is 6. The highest BCUT2D eigenvalue weighted by atomic mass is 16.5. The molecule has 3 rings (SSSR count). The van der Waals surface area contributed by atoms with Crippen molar-refractivity contribution >= 4 is 0 Å². The average Bonchev–Trinajstić information content (AvgIpc) is 2.99. The summed E-state index contributed by atoms with van der Waals surface area (Å²) in [7, 11) is 0. The van der Waals surface area contributed by atoms with Crippen LogP contribution in [0.15, 0.2) is 41.1 Å². The molecule has 1 aliphatic heterocycles. The van der Waals surface area contributed by atoms with E-state index in [0.717, 1.165) is 50.9 Å². The molecule has 1 unspecified atom stereocenters. The van der Waals surface area contributed by atoms with E-state index < -0.39 is 0 Å². The van der Waals surface area contributed by atoms with E-state index in [1.54, 1.807) is 0 Å². The molecule has 0 aromatic carbocycles. The summed E-state index contributed by atoms with van der Waals surface area (Å²) in [4.78, 5) is 6.48. The number of aryl methyl sites for hydroxylation is 1. The topological polar surface area (TPSA) is 50.5 Å². The molecule has 0 radical (unpaired) electrons. The predicted molar refractivity (Wildman–Crippen MR) is 84.5 cm³/mol. The summed E-state index contributed by atoms with van der Waals surface area (Å²) in [6.07, 6.45) is 3.65. The molecule has 5 heteroatoms. The fourth-order valence-corrected chi connectivity index (χ4v) is 2.79. The molecule has 1 N–H and O–H groups in total. The highest BCUT2D eigenvalue weighted by Crippen LogP contribution is 2.23. The first kappa shape index (κ1) is 15.2. The van der Waals surface area contributed by atoms with E-state index in [1.807, 2.05) is 37.5 Å². The Hall–Kier alpha value is -1.69. The minimum absolute atomic E-state index is 0.249. The number of ether oxygens (including phenoxy) is 1. The number of hydrogen-bond donors (Lipinski definition) is 1. The molecule has 1 fully saturated rings. The van der Waals surface area contributed by atoms with E-state index in [2.05, 4.69) is 21.3 Å². The number of hydrogen-bond acceptors (Lipinski definition) is 5. The van der Waals surface area contributed by atoms with Crippen molar-refractivity contribution in [2.24, 2.45) is 0 Å². The minimum atomic E-state index is 0.249. The van der Waals surface area contributed by atoms with E-state index in [4.69, 9.17) is 9.15 Å². The van der Waals surface area contributed by atoms with Crippen molar-refractivity contribution in [2.45, 2.75) is 19.5 Å². The lowest BCUT2D eigenvalue weighted by atomic mass is 10.1. The molecule has 0 aliphatic carbocycles. The van der Waals surface area contributed by atoms with Gasteiger partial charge in [-0.05, 0) is 36.8 Å². The van der Waals surface area contributed by atoms with Gasteiger partial charge in [-0.25, -0.2) is 0 Å². The monoisotopic (exact) mass is 301 g/mol. The second kappa shape index (κ2) is 7.54. The van der Waals surface area contributed by atoms with Crippen LogP contribution in [0.25, 0.3) is 0 Å². The van der Waals surface area contributed by atoms with Crippen LogP contribution in [0.3, 0.4) is 0 Å². The summed E-state index contributed by atoms with van der Waals surface area (Å²) in [6, 6.07) is 8.44. The van der Waals surface area contributed by atoms with Crippen LogP contribution in [-0.2, 0) is 11.3 Å². The summed E-state index contributed by atoms with van der Waals surface area (Å²) < 4.78 is 11.3. The lowest BCUT2D eigenvalue weighted by Crippen LogP contribution is -2.42. The summed E-state index contributed by atoms with van der Waals surface area (Å²) in [5.74, 6) is 1.99. The van der Waals surface area contributed by atoms with Crippen molar-refractivity contribution < 1.29 is 9.15 Å². The second-order valence-electron chi connectivity index (χ2n) is 5.60. The fourth-order valence-electron chi connectivity index (χ4n) is 2.79. The molecule has 1 atom stereocenters. The zero-order chi connectivity index (χ0) is 15.2. The maximum atomic E-state index is 5.87. The molecule has 1 aliphatic rings. The summed E-state index contributed by atoms with van der Waals surface area (Å²) in [5, 5.41) is 3.54. The van der Waals surface area contributed by atoms with E-state index in [0.29, 0.717) is 0 Å². The summed E-state index contributed by atoms with van der Waals surface area (Å²) in [6.45, 7) is 7.16. The van der Waals surface area contributed by atoms with Gasteiger partial charge in [-0.3, -0.25) is 9.88 Å². The molecule has 2 aromatic rings. The number of furan rings is 1. The van der Waals surface area contributed by atoms with Crippen molar-refractivity contribution in [1.82, 2.24) is 15.2 Å². The molecule has 1 saturated heterocycles. The highest BCUT2D eigenvalue weighted by Gasteiger charge is 2.24. The lowest BCUT2D eigenvalue weighted by Gasteiger charge is -2.33. The standard InChI is InChI=1S/C17H23N3O2/c1-14-2-3-17(22-14)16(20-8-10-21-11-9-20)13-19-12-15-4-6-18-7-5-15/h2-7,16,19H,8-13H2,1H3. The first-order valence-corrected chi connectivity index (χ1v) is 7.80. The van der Waals surface area contributed by atoms with Gasteiger partial charge in [0.05, 0.1) is 19.3 Å². The smallest absolute Gasteiger partial charge is 0.122 e. The van der Waals surface area contributed by atoms with Gasteiger partial charge >= 0.3 is 0 Å². The molecule has 2 aromatic heterocycles. The van der Waals surface area contributed by atoms with E-state index in [1.165, 1.54) is 5.56 Å². The van der Waals surface area contributed by atoms with E-state index in [-0.39, 0.29) is 6.04 Å². The van der Waals surface area contributed by atoms with Gasteiger partial charge in [0, 0.05) is 38.6 Å². The lowest BCUT2D eigenvalue weighted by molar-refractivity contribution is 0.0115. The number of nitrogens with one attached hydrogen (secondary N) is 1. The Bertz CT molecular complexity index is 564. The first-order valence-electron chi connectivity index (χ1n) is 7.80. The molecule has 0 saturated carbocycles. The van der Waals surface area contributed by atoms with Crippen molar-refractivity contribution in [3.8, 4) is 0 Å². The molecule has 0 amide bonds. The van der Waals surface area contributed by atoms with E-state index in [9.17, 15) is 0 Å². The Labute approximate surface area is 131 Å². The summed E-state index contributed by atoms with van der Waals surface area (Å²) >= 11 is 0. The minimum Gasteiger partial charge on any atom is -0.465 e. The maximum absolute atomic E-state index is 5.87. The van der Waals surface area contributed by atoms with Gasteiger partial charge in [-0.15, -0.1) is 0 Å². The maximum Gasteiger partial charge on any atom is 0.122 e. The Morgan fingerprint density at radius 1 is 1.18 bits per heavy atom. The highest BCUT2D eigenvalue weighted by molar-refractivity contribution is 5.12. The van der Waals surface area contributed by atoms with Gasteiger partial charge in [-0.2, -0.15) is 0 Å².